The van der Waals surface area contributed by atoms with E-state index in [4.69, 9.17) is 4.74 Å². The Bertz CT molecular complexity index is 1150. The molecule has 0 aliphatic carbocycles. The van der Waals surface area contributed by atoms with E-state index in [1.165, 1.54) is 22.6 Å². The zero-order valence-corrected chi connectivity index (χ0v) is 16.9. The summed E-state index contributed by atoms with van der Waals surface area (Å²) in [6.07, 6.45) is -0.215. The first-order chi connectivity index (χ1) is 14.8. The Balaban J connectivity index is 1.77. The van der Waals surface area contributed by atoms with Crippen LogP contribution in [0.2, 0.25) is 0 Å². The monoisotopic (exact) mass is 433 g/mol. The largest absolute Gasteiger partial charge is 0.503 e. The fourth-order valence-electron chi connectivity index (χ4n) is 4.33. The number of aromatic nitrogens is 1. The van der Waals surface area contributed by atoms with E-state index in [1.54, 1.807) is 6.92 Å². The summed E-state index contributed by atoms with van der Waals surface area (Å²) in [4.78, 5) is 40.2. The van der Waals surface area contributed by atoms with Gasteiger partial charge < -0.3 is 24.6 Å². The summed E-state index contributed by atoms with van der Waals surface area (Å²) >= 11 is 0. The van der Waals surface area contributed by atoms with Gasteiger partial charge >= 0.3 is 0 Å². The lowest BCUT2D eigenvalue weighted by Crippen LogP contribution is -2.44. The molecular formula is C21H21F2N3O5. The van der Waals surface area contributed by atoms with Crippen LogP contribution >= 0.6 is 0 Å². The van der Waals surface area contributed by atoms with Crippen molar-refractivity contribution in [3.8, 4) is 5.75 Å². The van der Waals surface area contributed by atoms with Gasteiger partial charge in [-0.1, -0.05) is 6.07 Å². The van der Waals surface area contributed by atoms with Crippen molar-refractivity contribution in [3.63, 3.8) is 0 Å². The summed E-state index contributed by atoms with van der Waals surface area (Å²) in [5.41, 5.74) is -1.25. The van der Waals surface area contributed by atoms with Gasteiger partial charge in [-0.3, -0.25) is 14.4 Å². The van der Waals surface area contributed by atoms with E-state index < -0.39 is 40.7 Å². The number of methoxy groups -OCH3 is 1. The van der Waals surface area contributed by atoms with E-state index in [9.17, 15) is 28.3 Å². The van der Waals surface area contributed by atoms with E-state index in [0.717, 1.165) is 6.07 Å². The molecule has 0 saturated carbocycles. The van der Waals surface area contributed by atoms with Crippen molar-refractivity contribution < 1.29 is 28.2 Å². The van der Waals surface area contributed by atoms with Gasteiger partial charge in [0.15, 0.2) is 11.4 Å². The lowest BCUT2D eigenvalue weighted by atomic mass is 10.1. The van der Waals surface area contributed by atoms with Gasteiger partial charge in [0.25, 0.3) is 11.8 Å². The zero-order chi connectivity index (χ0) is 22.4. The third kappa shape index (κ3) is 3.27. The fourth-order valence-corrected chi connectivity index (χ4v) is 4.33. The lowest BCUT2D eigenvalue weighted by molar-refractivity contribution is 0.0653. The van der Waals surface area contributed by atoms with Crippen LogP contribution in [0.3, 0.4) is 0 Å². The summed E-state index contributed by atoms with van der Waals surface area (Å²) in [5.74, 6) is -3.73. The maximum Gasteiger partial charge on any atom is 0.274 e. The van der Waals surface area contributed by atoms with E-state index in [0.29, 0.717) is 25.6 Å². The highest BCUT2D eigenvalue weighted by molar-refractivity contribution is 6.00. The molecule has 2 amide bonds. The number of ether oxygens (including phenoxy) is 1. The number of nitrogens with one attached hydrogen (secondary N) is 1. The standard InChI is InChI=1S/C21H21F2N3O5/c1-3-25-9-12-7-14(31-2)16-15(18(27)19(28)17(21(25)30)26(12)16)20(29)24-8-10-4-5-11(22)6-13(10)23/h4-6,12,14,28H,3,7-9H2,1-2H3,(H,24,29)/t12-,14+/m1/s1. The number of hydrogen-bond acceptors (Lipinski definition) is 5. The summed E-state index contributed by atoms with van der Waals surface area (Å²) in [5, 5.41) is 13.0. The Hall–Kier alpha value is -3.27. The maximum atomic E-state index is 13.9. The number of nitrogens with zero attached hydrogens (tertiary/aromatic N) is 2. The van der Waals surface area contributed by atoms with Gasteiger partial charge in [0.05, 0.1) is 11.7 Å². The first kappa shape index (κ1) is 21.0. The van der Waals surface area contributed by atoms with Crippen LogP contribution in [0, 0.1) is 11.6 Å². The first-order valence-electron chi connectivity index (χ1n) is 9.84. The molecule has 1 aromatic heterocycles. The molecule has 2 aliphatic heterocycles. The predicted octanol–water partition coefficient (Wildman–Crippen LogP) is 1.87. The molecule has 2 aromatic rings. The van der Waals surface area contributed by atoms with Crippen LogP contribution in [0.5, 0.6) is 5.75 Å². The number of benzene rings is 1. The van der Waals surface area contributed by atoms with Crippen molar-refractivity contribution >= 4 is 11.8 Å². The van der Waals surface area contributed by atoms with Crippen LogP contribution in [0.4, 0.5) is 8.78 Å². The number of likely N-dealkylation sites (N-methyl/N-ethyl adjacent to an activating group) is 1. The van der Waals surface area contributed by atoms with Gasteiger partial charge in [0.2, 0.25) is 5.43 Å². The van der Waals surface area contributed by atoms with Crippen LogP contribution in [-0.2, 0) is 11.3 Å². The Morgan fingerprint density at radius 1 is 1.32 bits per heavy atom. The maximum absolute atomic E-state index is 13.9. The Kier molecular flexibility index (Phi) is 5.26. The molecule has 0 fully saturated rings. The van der Waals surface area contributed by atoms with Crippen molar-refractivity contribution in [2.24, 2.45) is 0 Å². The molecular weight excluding hydrogens is 412 g/mol. The van der Waals surface area contributed by atoms with E-state index in [1.807, 2.05) is 0 Å². The highest BCUT2D eigenvalue weighted by Crippen LogP contribution is 2.43. The summed E-state index contributed by atoms with van der Waals surface area (Å²) < 4.78 is 34.0. The van der Waals surface area contributed by atoms with Crippen molar-refractivity contribution in [2.75, 3.05) is 20.2 Å². The minimum Gasteiger partial charge on any atom is -0.503 e. The Morgan fingerprint density at radius 3 is 2.71 bits per heavy atom. The van der Waals surface area contributed by atoms with Gasteiger partial charge in [-0.15, -0.1) is 0 Å². The summed E-state index contributed by atoms with van der Waals surface area (Å²) in [6, 6.07) is 2.67. The van der Waals surface area contributed by atoms with Crippen LogP contribution in [0.15, 0.2) is 23.0 Å². The average Bonchev–Trinajstić information content (AvgIpc) is 3.10. The van der Waals surface area contributed by atoms with Crippen LogP contribution < -0.4 is 10.7 Å². The van der Waals surface area contributed by atoms with E-state index >= 15 is 0 Å². The van der Waals surface area contributed by atoms with Crippen LogP contribution in [-0.4, -0.2) is 46.6 Å². The number of pyridine rings is 1. The first-order valence-corrected chi connectivity index (χ1v) is 9.84. The second-order valence-electron chi connectivity index (χ2n) is 7.53. The van der Waals surface area contributed by atoms with E-state index in [2.05, 4.69) is 5.32 Å². The molecule has 0 bridgehead atoms. The topological polar surface area (TPSA) is 101 Å². The molecule has 0 saturated heterocycles. The van der Waals surface area contributed by atoms with Gasteiger partial charge in [0.1, 0.15) is 23.3 Å². The van der Waals surface area contributed by atoms with Crippen molar-refractivity contribution in [1.29, 1.82) is 0 Å². The number of hydrogen-bond donors (Lipinski definition) is 2. The lowest BCUT2D eigenvalue weighted by Gasteiger charge is -2.33. The molecule has 2 N–H and O–H groups in total. The van der Waals surface area contributed by atoms with Gasteiger partial charge in [-0.2, -0.15) is 0 Å². The van der Waals surface area contributed by atoms with Crippen LogP contribution in [0.1, 0.15) is 57.6 Å². The highest BCUT2D eigenvalue weighted by atomic mass is 19.1. The smallest absolute Gasteiger partial charge is 0.274 e. The SMILES string of the molecule is CCN1C[C@H]2C[C@H](OC)c3c(C(=O)NCc4ccc(F)cc4F)c(=O)c(O)c(n32)C1=O. The third-order valence-corrected chi connectivity index (χ3v) is 5.85. The number of carbonyl (C=O) groups excluding carboxylic acids is 2. The molecule has 3 heterocycles. The number of carbonyl (C=O) groups is 2. The molecule has 1 aromatic carbocycles. The molecule has 2 atom stereocenters. The van der Waals surface area contributed by atoms with Crippen molar-refractivity contribution in [2.45, 2.75) is 32.0 Å². The van der Waals surface area contributed by atoms with Crippen molar-refractivity contribution in [1.82, 2.24) is 14.8 Å². The quantitative estimate of drug-likeness (QED) is 0.750. The average molecular weight is 433 g/mol. The molecule has 10 heteroatoms. The predicted molar refractivity (Wildman–Crippen MR) is 105 cm³/mol. The van der Waals surface area contributed by atoms with Gasteiger partial charge in [-0.25, -0.2) is 8.78 Å². The zero-order valence-electron chi connectivity index (χ0n) is 16.9. The third-order valence-electron chi connectivity index (χ3n) is 5.85. The minimum atomic E-state index is -0.993. The minimum absolute atomic E-state index is 0.0309. The van der Waals surface area contributed by atoms with E-state index in [-0.39, 0.29) is 35.1 Å². The molecule has 8 nitrogen and oxygen atoms in total. The highest BCUT2D eigenvalue weighted by Gasteiger charge is 2.45. The second kappa shape index (κ2) is 7.77. The van der Waals surface area contributed by atoms with Crippen molar-refractivity contribution in [3.05, 3.63) is 62.6 Å². The summed E-state index contributed by atoms with van der Waals surface area (Å²) in [7, 11) is 1.43. The molecule has 4 rings (SSSR count). The Labute approximate surface area is 176 Å². The number of rotatable bonds is 5. The van der Waals surface area contributed by atoms with Gasteiger partial charge in [0, 0.05) is 44.8 Å². The molecule has 0 radical (unpaired) electrons. The number of amides is 2. The molecule has 31 heavy (non-hydrogen) atoms. The molecule has 0 unspecified atom stereocenters. The van der Waals surface area contributed by atoms with Crippen LogP contribution in [0.25, 0.3) is 0 Å². The number of halogens is 2. The fraction of sp³-hybridized carbons (Fsp3) is 0.381. The summed E-state index contributed by atoms with van der Waals surface area (Å²) in [6.45, 7) is 2.26. The second-order valence-corrected chi connectivity index (χ2v) is 7.53. The number of aromatic hydroxyl groups is 1. The Morgan fingerprint density at radius 2 is 2.06 bits per heavy atom. The molecule has 164 valence electrons. The van der Waals surface area contributed by atoms with Gasteiger partial charge in [-0.05, 0) is 13.0 Å². The molecule has 2 aliphatic rings. The molecule has 0 spiro atoms. The normalized spacial score (nSPS) is 19.5.